The van der Waals surface area contributed by atoms with Gasteiger partial charge < -0.3 is 4.90 Å². The maximum atomic E-state index is 12.9. The number of amides is 1. The Kier molecular flexibility index (Phi) is 3.69. The van der Waals surface area contributed by atoms with Gasteiger partial charge in [0.1, 0.15) is 5.69 Å². The topological polar surface area (TPSA) is 83.9 Å². The Balaban J connectivity index is 1.35. The first-order valence-corrected chi connectivity index (χ1v) is 9.65. The summed E-state index contributed by atoms with van der Waals surface area (Å²) in [5.74, 6) is 0.512. The molecule has 2 aromatic rings. The van der Waals surface area contributed by atoms with Gasteiger partial charge in [-0.1, -0.05) is 0 Å². The summed E-state index contributed by atoms with van der Waals surface area (Å²) in [6.45, 7) is 1.19. The summed E-state index contributed by atoms with van der Waals surface area (Å²) in [6, 6.07) is 3.63. The van der Waals surface area contributed by atoms with Gasteiger partial charge in [0, 0.05) is 24.2 Å². The molecule has 0 aromatic carbocycles. The Labute approximate surface area is 151 Å². The molecule has 3 aliphatic rings. The monoisotopic (exact) mass is 353 g/mol. The molecule has 3 heterocycles. The highest BCUT2D eigenvalue weighted by Crippen LogP contribution is 2.39. The van der Waals surface area contributed by atoms with Crippen molar-refractivity contribution < 1.29 is 4.79 Å². The second-order valence-electron chi connectivity index (χ2n) is 7.77. The van der Waals surface area contributed by atoms with Crippen LogP contribution in [-0.4, -0.2) is 43.4 Å². The molecule has 136 valence electrons. The van der Waals surface area contributed by atoms with Crippen LogP contribution in [-0.2, 0) is 19.4 Å². The zero-order chi connectivity index (χ0) is 17.7. The lowest BCUT2D eigenvalue weighted by atomic mass is 10.2. The number of carbonyl (C=O) groups excluding carboxylic acids is 1. The average Bonchev–Trinajstić information content (AvgIpc) is 3.03. The minimum absolute atomic E-state index is 0.00762. The molecule has 0 radical (unpaired) electrons. The Morgan fingerprint density at radius 2 is 2.08 bits per heavy atom. The Hall–Kier alpha value is -2.44. The standard InChI is InChI=1S/C19H23N5O2/c25-18-9-13-3-1-5-15(13)22-24(18)11-14-4-2-8-23(14)19(26)17-10-16(20-21-17)12-6-7-12/h9-10,12,14H,1-8,11H2,(H,20,21). The maximum Gasteiger partial charge on any atom is 0.274 e. The number of carbonyl (C=O) groups is 1. The van der Waals surface area contributed by atoms with E-state index in [1.165, 1.54) is 12.8 Å². The van der Waals surface area contributed by atoms with Gasteiger partial charge in [-0.2, -0.15) is 10.2 Å². The number of H-pyrrole nitrogens is 1. The van der Waals surface area contributed by atoms with E-state index in [-0.39, 0.29) is 17.5 Å². The van der Waals surface area contributed by atoms with E-state index in [4.69, 9.17) is 0 Å². The number of aryl methyl sites for hydroxylation is 2. The van der Waals surface area contributed by atoms with Crippen LogP contribution in [0.25, 0.3) is 0 Å². The quantitative estimate of drug-likeness (QED) is 0.906. The normalized spacial score (nSPS) is 22.0. The van der Waals surface area contributed by atoms with Gasteiger partial charge in [-0.3, -0.25) is 14.7 Å². The zero-order valence-electron chi connectivity index (χ0n) is 14.8. The Morgan fingerprint density at radius 1 is 1.19 bits per heavy atom. The van der Waals surface area contributed by atoms with Crippen molar-refractivity contribution in [3.05, 3.63) is 45.1 Å². The number of aromatic nitrogens is 4. The highest BCUT2D eigenvalue weighted by atomic mass is 16.2. The zero-order valence-corrected chi connectivity index (χ0v) is 14.8. The van der Waals surface area contributed by atoms with E-state index in [0.29, 0.717) is 18.2 Å². The third kappa shape index (κ3) is 2.75. The molecule has 1 saturated heterocycles. The minimum atomic E-state index is -0.0549. The van der Waals surface area contributed by atoms with Gasteiger partial charge in [-0.05, 0) is 56.6 Å². The van der Waals surface area contributed by atoms with Crippen molar-refractivity contribution in [2.45, 2.75) is 63.5 Å². The van der Waals surface area contributed by atoms with Gasteiger partial charge in [0.15, 0.2) is 0 Å². The lowest BCUT2D eigenvalue weighted by molar-refractivity contribution is 0.0714. The molecule has 1 N–H and O–H groups in total. The van der Waals surface area contributed by atoms with Crippen molar-refractivity contribution in [1.82, 2.24) is 24.9 Å². The number of nitrogens with one attached hydrogen (secondary N) is 1. The number of aromatic amines is 1. The van der Waals surface area contributed by atoms with Crippen LogP contribution in [0.15, 0.2) is 16.9 Å². The second-order valence-corrected chi connectivity index (χ2v) is 7.77. The van der Waals surface area contributed by atoms with E-state index in [1.807, 2.05) is 11.0 Å². The first kappa shape index (κ1) is 15.8. The van der Waals surface area contributed by atoms with Crippen LogP contribution < -0.4 is 5.56 Å². The van der Waals surface area contributed by atoms with Gasteiger partial charge in [-0.25, -0.2) is 4.68 Å². The maximum absolute atomic E-state index is 12.9. The highest BCUT2D eigenvalue weighted by molar-refractivity contribution is 5.92. The molecular weight excluding hydrogens is 330 g/mol. The van der Waals surface area contributed by atoms with Crippen LogP contribution in [0.3, 0.4) is 0 Å². The Bertz CT molecular complexity index is 911. The molecule has 2 aliphatic carbocycles. The summed E-state index contributed by atoms with van der Waals surface area (Å²) in [4.78, 5) is 27.2. The average molecular weight is 353 g/mol. The summed E-state index contributed by atoms with van der Waals surface area (Å²) in [7, 11) is 0. The first-order valence-electron chi connectivity index (χ1n) is 9.65. The molecular formula is C19H23N5O2. The van der Waals surface area contributed by atoms with E-state index in [9.17, 15) is 9.59 Å². The largest absolute Gasteiger partial charge is 0.332 e. The minimum Gasteiger partial charge on any atom is -0.332 e. The smallest absolute Gasteiger partial charge is 0.274 e. The first-order chi connectivity index (χ1) is 12.7. The van der Waals surface area contributed by atoms with Gasteiger partial charge >= 0.3 is 0 Å². The summed E-state index contributed by atoms with van der Waals surface area (Å²) in [5.41, 5.74) is 3.64. The van der Waals surface area contributed by atoms with Crippen molar-refractivity contribution in [3.8, 4) is 0 Å². The van der Waals surface area contributed by atoms with Crippen LogP contribution in [0.5, 0.6) is 0 Å². The molecule has 2 fully saturated rings. The van der Waals surface area contributed by atoms with Gasteiger partial charge in [-0.15, -0.1) is 0 Å². The van der Waals surface area contributed by atoms with Crippen molar-refractivity contribution >= 4 is 5.91 Å². The molecule has 1 aliphatic heterocycles. The predicted molar refractivity (Wildman–Crippen MR) is 95.1 cm³/mol. The van der Waals surface area contributed by atoms with Crippen LogP contribution in [0.1, 0.15) is 65.5 Å². The summed E-state index contributed by atoms with van der Waals surface area (Å²) >= 11 is 0. The molecule has 2 aromatic heterocycles. The van der Waals surface area contributed by atoms with E-state index >= 15 is 0 Å². The number of fused-ring (bicyclic) bond motifs is 1. The summed E-state index contributed by atoms with van der Waals surface area (Å²) < 4.78 is 1.56. The van der Waals surface area contributed by atoms with E-state index in [1.54, 1.807) is 10.7 Å². The molecule has 26 heavy (non-hydrogen) atoms. The van der Waals surface area contributed by atoms with Crippen LogP contribution in [0, 0.1) is 0 Å². The van der Waals surface area contributed by atoms with Gasteiger partial charge in [0.2, 0.25) is 0 Å². The molecule has 1 atom stereocenters. The van der Waals surface area contributed by atoms with Crippen molar-refractivity contribution in [1.29, 1.82) is 0 Å². The van der Waals surface area contributed by atoms with E-state index in [0.717, 1.165) is 55.6 Å². The number of nitrogens with zero attached hydrogens (tertiary/aromatic N) is 4. The highest BCUT2D eigenvalue weighted by Gasteiger charge is 2.33. The third-order valence-electron chi connectivity index (χ3n) is 5.88. The van der Waals surface area contributed by atoms with E-state index in [2.05, 4.69) is 15.3 Å². The number of hydrogen-bond donors (Lipinski definition) is 1. The lowest BCUT2D eigenvalue weighted by Gasteiger charge is -2.24. The summed E-state index contributed by atoms with van der Waals surface area (Å²) in [6.07, 6.45) is 7.17. The van der Waals surface area contributed by atoms with Crippen molar-refractivity contribution in [3.63, 3.8) is 0 Å². The van der Waals surface area contributed by atoms with Gasteiger partial charge in [0.25, 0.3) is 11.5 Å². The molecule has 7 heteroatoms. The fourth-order valence-electron chi connectivity index (χ4n) is 4.26. The molecule has 1 saturated carbocycles. The number of likely N-dealkylation sites (tertiary alicyclic amines) is 1. The van der Waals surface area contributed by atoms with Crippen LogP contribution in [0.2, 0.25) is 0 Å². The van der Waals surface area contributed by atoms with Gasteiger partial charge in [0.05, 0.1) is 18.3 Å². The molecule has 1 unspecified atom stereocenters. The summed E-state index contributed by atoms with van der Waals surface area (Å²) in [5, 5.41) is 11.8. The van der Waals surface area contributed by atoms with Crippen LogP contribution in [0.4, 0.5) is 0 Å². The lowest BCUT2D eigenvalue weighted by Crippen LogP contribution is -2.41. The number of rotatable bonds is 4. The molecule has 5 rings (SSSR count). The van der Waals surface area contributed by atoms with Crippen LogP contribution >= 0.6 is 0 Å². The SMILES string of the molecule is O=C(c1cc(C2CC2)[nH]n1)N1CCCC1Cn1nc2c(cc1=O)CCC2. The van der Waals surface area contributed by atoms with E-state index < -0.39 is 0 Å². The predicted octanol–water partition coefficient (Wildman–Crippen LogP) is 1.64. The third-order valence-corrected chi connectivity index (χ3v) is 5.88. The molecule has 1 amide bonds. The molecule has 0 bridgehead atoms. The second kappa shape index (κ2) is 6.07. The van der Waals surface area contributed by atoms with Crippen molar-refractivity contribution in [2.24, 2.45) is 0 Å². The Morgan fingerprint density at radius 3 is 2.92 bits per heavy atom. The fourth-order valence-corrected chi connectivity index (χ4v) is 4.26. The van der Waals surface area contributed by atoms with Crippen molar-refractivity contribution in [2.75, 3.05) is 6.54 Å². The number of hydrogen-bond acceptors (Lipinski definition) is 4. The molecule has 7 nitrogen and oxygen atoms in total. The fraction of sp³-hybridized carbons (Fsp3) is 0.579. The molecule has 0 spiro atoms.